The van der Waals surface area contributed by atoms with Gasteiger partial charge in [-0.3, -0.25) is 4.79 Å². The maximum atomic E-state index is 12.3. The molecule has 4 unspecified atom stereocenters. The number of hydrogen-bond donors (Lipinski definition) is 2. The zero-order valence-electron chi connectivity index (χ0n) is 13.8. The van der Waals surface area contributed by atoms with Gasteiger partial charge in [-0.15, -0.1) is 0 Å². The molecule has 5 nitrogen and oxygen atoms in total. The largest absolute Gasteiger partial charge is 0.390 e. The Labute approximate surface area is 132 Å². The highest BCUT2D eigenvalue weighted by Crippen LogP contribution is 2.43. The monoisotopic (exact) mass is 308 g/mol. The highest BCUT2D eigenvalue weighted by molar-refractivity contribution is 5.84. The van der Waals surface area contributed by atoms with E-state index in [1.165, 1.54) is 5.57 Å². The van der Waals surface area contributed by atoms with Crippen molar-refractivity contribution >= 4 is 5.91 Å². The van der Waals surface area contributed by atoms with Gasteiger partial charge in [0.05, 0.1) is 12.2 Å². The molecule has 0 aromatic carbocycles. The molecular weight excluding hydrogens is 280 g/mol. The third kappa shape index (κ3) is 2.94. The molecule has 1 amide bonds. The van der Waals surface area contributed by atoms with Gasteiger partial charge in [0.1, 0.15) is 6.04 Å². The molecule has 0 radical (unpaired) electrons. The van der Waals surface area contributed by atoms with Crippen molar-refractivity contribution in [1.82, 2.24) is 10.4 Å². The van der Waals surface area contributed by atoms with Crippen LogP contribution >= 0.6 is 0 Å². The first kappa shape index (κ1) is 16.0. The lowest BCUT2D eigenvalue weighted by Crippen LogP contribution is -2.55. The molecular formula is C17H28N2O3. The Balaban J connectivity index is 1.82. The Bertz CT molecular complexity index is 469. The Kier molecular flexibility index (Phi) is 4.32. The minimum atomic E-state index is -0.622. The number of hydrogen-bond acceptors (Lipinski definition) is 4. The fourth-order valence-corrected chi connectivity index (χ4v) is 4.31. The summed E-state index contributed by atoms with van der Waals surface area (Å²) in [6.07, 6.45) is 7.36. The van der Waals surface area contributed by atoms with E-state index in [1.807, 2.05) is 27.1 Å². The van der Waals surface area contributed by atoms with Crippen LogP contribution in [0.1, 0.15) is 46.0 Å². The predicted octanol–water partition coefficient (Wildman–Crippen LogP) is 1.83. The van der Waals surface area contributed by atoms with Gasteiger partial charge in [-0.05, 0) is 56.9 Å². The fraction of sp³-hybridized carbons (Fsp3) is 0.824. The van der Waals surface area contributed by atoms with Gasteiger partial charge in [-0.2, -0.15) is 5.48 Å². The molecule has 0 spiro atoms. The molecule has 4 atom stereocenters. The summed E-state index contributed by atoms with van der Waals surface area (Å²) in [7, 11) is 1.82. The average Bonchev–Trinajstić information content (AvgIpc) is 2.50. The Morgan fingerprint density at radius 3 is 2.86 bits per heavy atom. The van der Waals surface area contributed by atoms with E-state index in [1.54, 1.807) is 4.90 Å². The minimum absolute atomic E-state index is 0.0864. The van der Waals surface area contributed by atoms with Crippen molar-refractivity contribution in [2.75, 3.05) is 13.7 Å². The Morgan fingerprint density at radius 2 is 2.14 bits per heavy atom. The zero-order chi connectivity index (χ0) is 15.9. The molecule has 2 N–H and O–H groups in total. The van der Waals surface area contributed by atoms with Crippen LogP contribution in [0.5, 0.6) is 0 Å². The fourth-order valence-electron chi connectivity index (χ4n) is 4.31. The van der Waals surface area contributed by atoms with Crippen molar-refractivity contribution < 1.29 is 14.7 Å². The van der Waals surface area contributed by atoms with Gasteiger partial charge in [-0.1, -0.05) is 6.42 Å². The van der Waals surface area contributed by atoms with E-state index in [0.29, 0.717) is 18.4 Å². The normalized spacial score (nSPS) is 36.8. The smallest absolute Gasteiger partial charge is 0.246 e. The molecule has 3 rings (SSSR count). The lowest BCUT2D eigenvalue weighted by Gasteiger charge is -2.44. The number of carbonyl (C=O) groups excluding carboxylic acids is 1. The number of nitrogens with zero attached hydrogens (tertiary/aromatic N) is 1. The molecule has 2 fully saturated rings. The lowest BCUT2D eigenvalue weighted by atomic mass is 9.68. The van der Waals surface area contributed by atoms with E-state index in [0.717, 1.165) is 32.1 Å². The van der Waals surface area contributed by atoms with Crippen LogP contribution in [0, 0.1) is 17.8 Å². The van der Waals surface area contributed by atoms with Crippen molar-refractivity contribution in [3.63, 3.8) is 0 Å². The number of nitrogens with one attached hydrogen (secondary N) is 1. The molecule has 3 aliphatic rings. The zero-order valence-corrected chi connectivity index (χ0v) is 13.8. The number of hydroxylamine groups is 1. The summed E-state index contributed by atoms with van der Waals surface area (Å²) in [5.41, 5.74) is 3.68. The van der Waals surface area contributed by atoms with Crippen LogP contribution in [0.15, 0.2) is 11.8 Å². The quantitative estimate of drug-likeness (QED) is 0.817. The van der Waals surface area contributed by atoms with Crippen LogP contribution in [0.3, 0.4) is 0 Å². The molecule has 5 heteroatoms. The second-order valence-electron chi connectivity index (χ2n) is 7.63. The van der Waals surface area contributed by atoms with E-state index < -0.39 is 5.60 Å². The first-order valence-electron chi connectivity index (χ1n) is 8.46. The summed E-state index contributed by atoms with van der Waals surface area (Å²) in [5, 5.41) is 10.4. The maximum absolute atomic E-state index is 12.3. The molecule has 2 heterocycles. The second-order valence-corrected chi connectivity index (χ2v) is 7.63. The summed E-state index contributed by atoms with van der Waals surface area (Å²) in [5.74, 6) is 1.13. The summed E-state index contributed by atoms with van der Waals surface area (Å²) >= 11 is 0. The van der Waals surface area contributed by atoms with Crippen LogP contribution in [0.2, 0.25) is 0 Å². The molecule has 0 aromatic heterocycles. The SMILES string of the molecule is CN1C=C(C2CCCC(C(C)(C)O)C2)C2CCONC2C1=O. The van der Waals surface area contributed by atoms with Gasteiger partial charge in [0.2, 0.25) is 5.91 Å². The average molecular weight is 308 g/mol. The van der Waals surface area contributed by atoms with Gasteiger partial charge < -0.3 is 14.8 Å². The van der Waals surface area contributed by atoms with Gasteiger partial charge in [0.15, 0.2) is 0 Å². The van der Waals surface area contributed by atoms with E-state index in [4.69, 9.17) is 4.84 Å². The summed E-state index contributed by atoms with van der Waals surface area (Å²) < 4.78 is 0. The minimum Gasteiger partial charge on any atom is -0.390 e. The third-order valence-electron chi connectivity index (χ3n) is 5.67. The first-order chi connectivity index (χ1) is 10.4. The van der Waals surface area contributed by atoms with Gasteiger partial charge in [0, 0.05) is 19.2 Å². The summed E-state index contributed by atoms with van der Waals surface area (Å²) in [4.78, 5) is 19.3. The molecule has 124 valence electrons. The molecule has 1 aliphatic carbocycles. The van der Waals surface area contributed by atoms with Crippen LogP contribution < -0.4 is 5.48 Å². The molecule has 2 aliphatic heterocycles. The number of amides is 1. The van der Waals surface area contributed by atoms with Crippen molar-refractivity contribution in [1.29, 1.82) is 0 Å². The molecule has 1 saturated heterocycles. The topological polar surface area (TPSA) is 61.8 Å². The highest BCUT2D eigenvalue weighted by atomic mass is 16.6. The third-order valence-corrected chi connectivity index (χ3v) is 5.67. The number of likely N-dealkylation sites (N-methyl/N-ethyl adjacent to an activating group) is 1. The summed E-state index contributed by atoms with van der Waals surface area (Å²) in [6, 6.07) is -0.249. The van der Waals surface area contributed by atoms with E-state index >= 15 is 0 Å². The number of rotatable bonds is 2. The Hall–Kier alpha value is -0.910. The molecule has 1 saturated carbocycles. The predicted molar refractivity (Wildman–Crippen MR) is 83.6 cm³/mol. The van der Waals surface area contributed by atoms with E-state index in [2.05, 4.69) is 5.48 Å². The van der Waals surface area contributed by atoms with Crippen LogP contribution in [-0.2, 0) is 9.63 Å². The van der Waals surface area contributed by atoms with Crippen molar-refractivity contribution in [2.45, 2.75) is 57.6 Å². The van der Waals surface area contributed by atoms with Crippen LogP contribution in [0.25, 0.3) is 0 Å². The maximum Gasteiger partial charge on any atom is 0.246 e. The lowest BCUT2D eigenvalue weighted by molar-refractivity contribution is -0.142. The van der Waals surface area contributed by atoms with Crippen molar-refractivity contribution in [2.24, 2.45) is 17.8 Å². The first-order valence-corrected chi connectivity index (χ1v) is 8.46. The van der Waals surface area contributed by atoms with Crippen molar-refractivity contribution in [3.05, 3.63) is 11.8 Å². The number of carbonyl (C=O) groups is 1. The van der Waals surface area contributed by atoms with Gasteiger partial charge >= 0.3 is 0 Å². The highest BCUT2D eigenvalue weighted by Gasteiger charge is 2.43. The number of aliphatic hydroxyl groups is 1. The number of fused-ring (bicyclic) bond motifs is 1. The van der Waals surface area contributed by atoms with Gasteiger partial charge in [0.25, 0.3) is 0 Å². The Morgan fingerprint density at radius 1 is 1.36 bits per heavy atom. The molecule has 0 aromatic rings. The molecule has 22 heavy (non-hydrogen) atoms. The van der Waals surface area contributed by atoms with Crippen LogP contribution in [-0.4, -0.2) is 41.2 Å². The van der Waals surface area contributed by atoms with Crippen molar-refractivity contribution in [3.8, 4) is 0 Å². The van der Waals surface area contributed by atoms with E-state index in [9.17, 15) is 9.90 Å². The molecule has 0 bridgehead atoms. The summed E-state index contributed by atoms with van der Waals surface area (Å²) in [6.45, 7) is 4.49. The standard InChI is InChI=1S/C17H28N2O3/c1-17(2,21)12-6-4-5-11(9-12)14-10-19(3)16(20)15-13(14)7-8-22-18-15/h10-13,15,18,21H,4-9H2,1-3H3. The van der Waals surface area contributed by atoms with Gasteiger partial charge in [-0.25, -0.2) is 0 Å². The second kappa shape index (κ2) is 5.95. The van der Waals surface area contributed by atoms with E-state index in [-0.39, 0.29) is 17.9 Å². The van der Waals surface area contributed by atoms with Crippen LogP contribution in [0.4, 0.5) is 0 Å².